The summed E-state index contributed by atoms with van der Waals surface area (Å²) in [5.74, 6) is -0.0862. The molecule has 8 heteroatoms. The van der Waals surface area contributed by atoms with E-state index in [1.165, 1.54) is 0 Å². The quantitative estimate of drug-likeness (QED) is 0.842. The van der Waals surface area contributed by atoms with E-state index in [9.17, 15) is 13.2 Å². The van der Waals surface area contributed by atoms with Gasteiger partial charge >= 0.3 is 0 Å². The summed E-state index contributed by atoms with van der Waals surface area (Å²) in [6.45, 7) is 5.63. The molecule has 1 N–H and O–H groups in total. The molecule has 144 valence electrons. The van der Waals surface area contributed by atoms with E-state index in [1.54, 1.807) is 55.1 Å². The molecule has 0 bridgehead atoms. The molecule has 2 aromatic rings. The van der Waals surface area contributed by atoms with Crippen LogP contribution in [-0.4, -0.2) is 45.5 Å². The number of rotatable bonds is 4. The lowest BCUT2D eigenvalue weighted by atomic mass is 10.2. The average molecular weight is 409 g/mol. The Hall–Kier alpha value is -2.09. The van der Waals surface area contributed by atoms with Crippen molar-refractivity contribution in [3.8, 4) is 0 Å². The van der Waals surface area contributed by atoms with Gasteiger partial charge in [-0.05, 0) is 61.4 Å². The largest absolute Gasteiger partial charge is 0.378 e. The number of hydrogen-bond donors (Lipinski definition) is 1. The van der Waals surface area contributed by atoms with Crippen LogP contribution in [0.15, 0.2) is 41.3 Å². The van der Waals surface area contributed by atoms with Crippen LogP contribution in [0.2, 0.25) is 5.02 Å². The Balaban J connectivity index is 1.78. The highest BCUT2D eigenvalue weighted by molar-refractivity contribution is 7.92. The molecule has 1 aliphatic heterocycles. The third-order valence-corrected chi connectivity index (χ3v) is 6.36. The number of nitrogens with zero attached hydrogens (tertiary/aromatic N) is 1. The van der Waals surface area contributed by atoms with Crippen LogP contribution < -0.4 is 4.72 Å². The smallest absolute Gasteiger partial charge is 0.262 e. The molecule has 6 nitrogen and oxygen atoms in total. The number of aryl methyl sites for hydroxylation is 2. The van der Waals surface area contributed by atoms with Crippen molar-refractivity contribution in [2.24, 2.45) is 0 Å². The summed E-state index contributed by atoms with van der Waals surface area (Å²) < 4.78 is 33.2. The van der Waals surface area contributed by atoms with Crippen LogP contribution in [0.1, 0.15) is 21.5 Å². The zero-order valence-corrected chi connectivity index (χ0v) is 16.7. The second-order valence-corrected chi connectivity index (χ2v) is 8.51. The van der Waals surface area contributed by atoms with Gasteiger partial charge in [0.15, 0.2) is 0 Å². The fourth-order valence-electron chi connectivity index (χ4n) is 2.88. The lowest BCUT2D eigenvalue weighted by Gasteiger charge is -2.26. The summed E-state index contributed by atoms with van der Waals surface area (Å²) in [5, 5.41) is 0.525. The van der Waals surface area contributed by atoms with Crippen molar-refractivity contribution >= 4 is 33.2 Å². The number of nitrogens with one attached hydrogen (secondary N) is 1. The summed E-state index contributed by atoms with van der Waals surface area (Å²) in [6.07, 6.45) is 0. The maximum Gasteiger partial charge on any atom is 0.262 e. The summed E-state index contributed by atoms with van der Waals surface area (Å²) in [6, 6.07) is 9.60. The van der Waals surface area contributed by atoms with Crippen LogP contribution in [-0.2, 0) is 14.8 Å². The molecule has 27 heavy (non-hydrogen) atoms. The highest BCUT2D eigenvalue weighted by Gasteiger charge is 2.20. The van der Waals surface area contributed by atoms with Crippen molar-refractivity contribution in [3.05, 3.63) is 58.1 Å². The van der Waals surface area contributed by atoms with Gasteiger partial charge in [-0.2, -0.15) is 0 Å². The van der Waals surface area contributed by atoms with E-state index >= 15 is 0 Å². The number of morpholine rings is 1. The lowest BCUT2D eigenvalue weighted by Crippen LogP contribution is -2.40. The van der Waals surface area contributed by atoms with Crippen LogP contribution >= 0.6 is 11.6 Å². The number of benzene rings is 2. The van der Waals surface area contributed by atoms with Crippen LogP contribution in [0, 0.1) is 13.8 Å². The van der Waals surface area contributed by atoms with E-state index in [0.717, 1.165) is 0 Å². The first-order chi connectivity index (χ1) is 12.8. The first kappa shape index (κ1) is 19.7. The number of sulfonamides is 1. The molecule has 1 saturated heterocycles. The maximum atomic E-state index is 12.7. The number of amides is 1. The maximum absolute atomic E-state index is 12.7. The molecule has 1 aliphatic rings. The molecule has 3 rings (SSSR count). The third kappa shape index (κ3) is 4.43. The van der Waals surface area contributed by atoms with Crippen LogP contribution in [0.25, 0.3) is 0 Å². The standard InChI is InChI=1S/C19H21ClN2O4S/c1-13-12-18(14(2)11-17(13)20)27(24,25)21-16-5-3-15(4-6-16)19(23)22-7-9-26-10-8-22/h3-6,11-12,21H,7-10H2,1-2H3. The van der Waals surface area contributed by atoms with Gasteiger partial charge in [-0.1, -0.05) is 11.6 Å². The molecule has 0 unspecified atom stereocenters. The Morgan fingerprint density at radius 3 is 2.33 bits per heavy atom. The highest BCUT2D eigenvalue weighted by Crippen LogP contribution is 2.25. The lowest BCUT2D eigenvalue weighted by molar-refractivity contribution is 0.0303. The van der Waals surface area contributed by atoms with Crippen LogP contribution in [0.3, 0.4) is 0 Å². The molecule has 0 atom stereocenters. The zero-order valence-electron chi connectivity index (χ0n) is 15.2. The van der Waals surface area contributed by atoms with E-state index in [-0.39, 0.29) is 10.8 Å². The van der Waals surface area contributed by atoms with Crippen LogP contribution in [0.4, 0.5) is 5.69 Å². The third-order valence-electron chi connectivity index (χ3n) is 4.43. The van der Waals surface area contributed by atoms with Crippen molar-refractivity contribution in [1.82, 2.24) is 4.90 Å². The monoisotopic (exact) mass is 408 g/mol. The second-order valence-electron chi connectivity index (χ2n) is 6.45. The number of carbonyl (C=O) groups is 1. The summed E-state index contributed by atoms with van der Waals surface area (Å²) in [4.78, 5) is 14.4. The Morgan fingerprint density at radius 1 is 1.07 bits per heavy atom. The minimum absolute atomic E-state index is 0.0862. The van der Waals surface area contributed by atoms with Crippen molar-refractivity contribution in [1.29, 1.82) is 0 Å². The van der Waals surface area contributed by atoms with Gasteiger partial charge in [0, 0.05) is 29.4 Å². The Kier molecular flexibility index (Phi) is 5.74. The van der Waals surface area contributed by atoms with E-state index in [1.807, 2.05) is 0 Å². The first-order valence-electron chi connectivity index (χ1n) is 8.54. The van der Waals surface area contributed by atoms with Gasteiger partial charge in [0.1, 0.15) is 0 Å². The van der Waals surface area contributed by atoms with E-state index in [4.69, 9.17) is 16.3 Å². The summed E-state index contributed by atoms with van der Waals surface area (Å²) in [5.41, 5.74) is 2.16. The molecular weight excluding hydrogens is 388 g/mol. The van der Waals surface area contributed by atoms with E-state index < -0.39 is 10.0 Å². The van der Waals surface area contributed by atoms with Gasteiger partial charge in [-0.3, -0.25) is 9.52 Å². The number of ether oxygens (including phenoxy) is 1. The SMILES string of the molecule is Cc1cc(S(=O)(=O)Nc2ccc(C(=O)N3CCOCC3)cc2)c(C)cc1Cl. The summed E-state index contributed by atoms with van der Waals surface area (Å²) >= 11 is 6.05. The van der Waals surface area contributed by atoms with Crippen molar-refractivity contribution in [2.45, 2.75) is 18.7 Å². The first-order valence-corrected chi connectivity index (χ1v) is 10.4. The van der Waals surface area contributed by atoms with Gasteiger partial charge in [0.25, 0.3) is 15.9 Å². The Morgan fingerprint density at radius 2 is 1.70 bits per heavy atom. The van der Waals surface area contributed by atoms with E-state index in [2.05, 4.69) is 4.72 Å². The van der Waals surface area contributed by atoms with Gasteiger partial charge in [-0.15, -0.1) is 0 Å². The molecule has 1 fully saturated rings. The molecule has 0 aromatic heterocycles. The predicted octanol–water partition coefficient (Wildman–Crippen LogP) is 3.23. The highest BCUT2D eigenvalue weighted by atomic mass is 35.5. The normalized spacial score (nSPS) is 14.9. The van der Waals surface area contributed by atoms with Gasteiger partial charge in [0.2, 0.25) is 0 Å². The van der Waals surface area contributed by atoms with Gasteiger partial charge in [0.05, 0.1) is 18.1 Å². The fraction of sp³-hybridized carbons (Fsp3) is 0.316. The summed E-state index contributed by atoms with van der Waals surface area (Å²) in [7, 11) is -3.76. The molecule has 1 amide bonds. The molecule has 0 saturated carbocycles. The minimum atomic E-state index is -3.76. The number of hydrogen-bond acceptors (Lipinski definition) is 4. The van der Waals surface area contributed by atoms with Gasteiger partial charge < -0.3 is 9.64 Å². The Bertz CT molecular complexity index is 952. The molecular formula is C19H21ClN2O4S. The number of halogens is 1. The van der Waals surface area contributed by atoms with E-state index in [0.29, 0.717) is 53.7 Å². The van der Waals surface area contributed by atoms with Crippen molar-refractivity contribution in [2.75, 3.05) is 31.0 Å². The Labute approximate surface area is 164 Å². The zero-order chi connectivity index (χ0) is 19.6. The molecule has 0 aliphatic carbocycles. The molecule has 0 radical (unpaired) electrons. The minimum Gasteiger partial charge on any atom is -0.378 e. The number of carbonyl (C=O) groups excluding carboxylic acids is 1. The van der Waals surface area contributed by atoms with Crippen molar-refractivity contribution < 1.29 is 17.9 Å². The molecule has 1 heterocycles. The number of anilines is 1. The fourth-order valence-corrected chi connectivity index (χ4v) is 4.47. The topological polar surface area (TPSA) is 75.7 Å². The average Bonchev–Trinajstić information content (AvgIpc) is 2.65. The molecule has 0 spiro atoms. The molecule has 2 aromatic carbocycles. The second kappa shape index (κ2) is 7.88. The predicted molar refractivity (Wildman–Crippen MR) is 105 cm³/mol. The van der Waals surface area contributed by atoms with Crippen molar-refractivity contribution in [3.63, 3.8) is 0 Å². The van der Waals surface area contributed by atoms with Crippen LogP contribution in [0.5, 0.6) is 0 Å². The van der Waals surface area contributed by atoms with Gasteiger partial charge in [-0.25, -0.2) is 8.42 Å².